The number of aromatic nitrogens is 2. The minimum Gasteiger partial charge on any atom is -0.354 e. The molecule has 0 radical (unpaired) electrons. The minimum atomic E-state index is -4.62. The van der Waals surface area contributed by atoms with Gasteiger partial charge in [-0.25, -0.2) is 0 Å². The van der Waals surface area contributed by atoms with Crippen molar-refractivity contribution in [3.8, 4) is 0 Å². The van der Waals surface area contributed by atoms with Crippen LogP contribution in [0.2, 0.25) is 0 Å². The highest BCUT2D eigenvalue weighted by molar-refractivity contribution is 7.86. The van der Waals surface area contributed by atoms with Crippen molar-refractivity contribution in [2.45, 2.75) is 18.7 Å². The van der Waals surface area contributed by atoms with Crippen LogP contribution in [0.25, 0.3) is 43.6 Å². The second-order valence-corrected chi connectivity index (χ2v) is 8.77. The highest BCUT2D eigenvalue weighted by Crippen LogP contribution is 2.29. The Hall–Kier alpha value is -3.49. The first-order chi connectivity index (χ1) is 14.2. The molecule has 5 rings (SSSR count). The van der Waals surface area contributed by atoms with Crippen LogP contribution in [0.3, 0.4) is 0 Å². The summed E-state index contributed by atoms with van der Waals surface area (Å²) in [6.07, 6.45) is 0. The molecule has 2 heterocycles. The van der Waals surface area contributed by atoms with Crippen molar-refractivity contribution in [2.75, 3.05) is 0 Å². The van der Waals surface area contributed by atoms with E-state index in [9.17, 15) is 22.6 Å². The molecule has 7 nitrogen and oxygen atoms in total. The van der Waals surface area contributed by atoms with Gasteiger partial charge in [0.1, 0.15) is 4.90 Å². The lowest BCUT2D eigenvalue weighted by atomic mass is 10.00. The molecule has 0 saturated heterocycles. The summed E-state index contributed by atoms with van der Waals surface area (Å²) in [5.41, 5.74) is 1.95. The molecule has 0 aliphatic rings. The van der Waals surface area contributed by atoms with E-state index >= 15 is 0 Å². The van der Waals surface area contributed by atoms with Crippen molar-refractivity contribution < 1.29 is 13.0 Å². The number of para-hydroxylation sites is 1. The molecule has 0 atom stereocenters. The Morgan fingerprint density at radius 3 is 2.27 bits per heavy atom. The third-order valence-electron chi connectivity index (χ3n) is 5.59. The van der Waals surface area contributed by atoms with Gasteiger partial charge in [-0.3, -0.25) is 14.1 Å². The molecule has 0 bridgehead atoms. The molecule has 0 spiro atoms. The third-order valence-corrected chi connectivity index (χ3v) is 6.63. The van der Waals surface area contributed by atoms with Gasteiger partial charge in [0.15, 0.2) is 10.9 Å². The summed E-state index contributed by atoms with van der Waals surface area (Å²) in [5, 5.41) is 1.12. The van der Waals surface area contributed by atoms with Crippen molar-refractivity contribution in [1.82, 2.24) is 9.97 Å². The van der Waals surface area contributed by atoms with E-state index in [0.717, 1.165) is 0 Å². The predicted octanol–water partition coefficient (Wildman–Crippen LogP) is 3.54. The van der Waals surface area contributed by atoms with Crippen molar-refractivity contribution >= 4 is 53.7 Å². The van der Waals surface area contributed by atoms with Crippen LogP contribution < -0.4 is 10.9 Å². The Balaban J connectivity index is 2.08. The van der Waals surface area contributed by atoms with Crippen LogP contribution in [-0.2, 0) is 10.1 Å². The zero-order chi connectivity index (χ0) is 21.4. The molecule has 3 N–H and O–H groups in total. The van der Waals surface area contributed by atoms with Gasteiger partial charge in [0.25, 0.3) is 10.1 Å². The van der Waals surface area contributed by atoms with Gasteiger partial charge in [-0.15, -0.1) is 0 Å². The molecule has 150 valence electrons. The maximum Gasteiger partial charge on any atom is 0.295 e. The maximum absolute atomic E-state index is 13.4. The molecule has 3 aromatic carbocycles. The number of rotatable bonds is 1. The van der Waals surface area contributed by atoms with E-state index in [0.29, 0.717) is 32.9 Å². The van der Waals surface area contributed by atoms with Gasteiger partial charge in [0, 0.05) is 16.3 Å². The predicted molar refractivity (Wildman–Crippen MR) is 117 cm³/mol. The Kier molecular flexibility index (Phi) is 3.71. The molecular weight excluding hydrogens is 404 g/mol. The number of pyridine rings is 2. The van der Waals surface area contributed by atoms with Gasteiger partial charge in [0.05, 0.1) is 27.3 Å². The first-order valence-corrected chi connectivity index (χ1v) is 10.6. The number of fused-ring (bicyclic) bond motifs is 4. The fourth-order valence-electron chi connectivity index (χ4n) is 4.24. The molecule has 0 amide bonds. The molecule has 0 fully saturated rings. The summed E-state index contributed by atoms with van der Waals surface area (Å²) in [7, 11) is -4.62. The molecule has 0 aliphatic carbocycles. The number of benzene rings is 3. The van der Waals surface area contributed by atoms with Crippen LogP contribution in [0.15, 0.2) is 56.9 Å². The number of aromatic amines is 2. The van der Waals surface area contributed by atoms with Crippen LogP contribution in [0, 0.1) is 13.8 Å². The number of hydrogen-bond acceptors (Lipinski definition) is 4. The summed E-state index contributed by atoms with van der Waals surface area (Å²) in [6.45, 7) is 3.22. The molecule has 0 aliphatic heterocycles. The second kappa shape index (κ2) is 6.01. The number of hydrogen-bond donors (Lipinski definition) is 3. The summed E-state index contributed by atoms with van der Waals surface area (Å²) in [4.78, 5) is 32.4. The summed E-state index contributed by atoms with van der Waals surface area (Å²) in [6, 6.07) is 11.8. The summed E-state index contributed by atoms with van der Waals surface area (Å²) in [5.74, 6) is 0. The Morgan fingerprint density at radius 2 is 1.53 bits per heavy atom. The second-order valence-electron chi connectivity index (χ2n) is 7.41. The van der Waals surface area contributed by atoms with Crippen molar-refractivity contribution in [3.63, 3.8) is 0 Å². The lowest BCUT2D eigenvalue weighted by molar-refractivity contribution is 0.483. The molecule has 2 aromatic heterocycles. The Labute approximate surface area is 169 Å². The summed E-state index contributed by atoms with van der Waals surface area (Å²) < 4.78 is 33.7. The topological polar surface area (TPSA) is 120 Å². The van der Waals surface area contributed by atoms with Gasteiger partial charge in [0.2, 0.25) is 0 Å². The normalized spacial score (nSPS) is 12.4. The number of H-pyrrole nitrogens is 2. The van der Waals surface area contributed by atoms with Crippen molar-refractivity contribution in [1.29, 1.82) is 0 Å². The first-order valence-electron chi connectivity index (χ1n) is 9.19. The van der Waals surface area contributed by atoms with Crippen molar-refractivity contribution in [3.05, 3.63) is 74.0 Å². The van der Waals surface area contributed by atoms with Gasteiger partial charge < -0.3 is 9.97 Å². The molecule has 0 saturated carbocycles. The van der Waals surface area contributed by atoms with Crippen LogP contribution >= 0.6 is 0 Å². The van der Waals surface area contributed by atoms with Crippen molar-refractivity contribution in [2.24, 2.45) is 0 Å². The zero-order valence-electron chi connectivity index (χ0n) is 16.0. The van der Waals surface area contributed by atoms with Gasteiger partial charge in [-0.1, -0.05) is 18.2 Å². The standard InChI is InChI=1S/C22H16N2O5S/c1-10-7-8-15-18(22(10)30(27,28)29)21(26)17-11(2)19-13(9-16(17)23-15)20(25)12-5-3-4-6-14(12)24-19/h3-9H,1-2H3,(H,23,26)(H,24,25)(H,27,28,29). The fraction of sp³-hybridized carbons (Fsp3) is 0.0909. The largest absolute Gasteiger partial charge is 0.354 e. The maximum atomic E-state index is 13.4. The highest BCUT2D eigenvalue weighted by atomic mass is 32.2. The average molecular weight is 420 g/mol. The Bertz CT molecular complexity index is 1780. The molecule has 5 aromatic rings. The van der Waals surface area contributed by atoms with E-state index in [-0.39, 0.29) is 27.3 Å². The monoisotopic (exact) mass is 420 g/mol. The van der Waals surface area contributed by atoms with Crippen LogP contribution in [0.1, 0.15) is 11.1 Å². The van der Waals surface area contributed by atoms with Gasteiger partial charge in [-0.05, 0) is 49.2 Å². The van der Waals surface area contributed by atoms with E-state index in [1.807, 2.05) is 6.07 Å². The minimum absolute atomic E-state index is 0.101. The van der Waals surface area contributed by atoms with Crippen LogP contribution in [-0.4, -0.2) is 22.9 Å². The lowest BCUT2D eigenvalue weighted by Crippen LogP contribution is -2.14. The van der Waals surface area contributed by atoms with E-state index in [1.165, 1.54) is 13.0 Å². The van der Waals surface area contributed by atoms with E-state index < -0.39 is 20.4 Å². The van der Waals surface area contributed by atoms with Gasteiger partial charge in [-0.2, -0.15) is 8.42 Å². The SMILES string of the molecule is Cc1ccc2[nH]c3cc4c(=O)c5ccccc5[nH]c4c(C)c3c(=O)c2c1S(=O)(=O)O. The highest BCUT2D eigenvalue weighted by Gasteiger charge is 2.22. The smallest absolute Gasteiger partial charge is 0.295 e. The van der Waals surface area contributed by atoms with E-state index in [2.05, 4.69) is 9.97 Å². The molecule has 30 heavy (non-hydrogen) atoms. The molecule has 8 heteroatoms. The van der Waals surface area contributed by atoms with E-state index in [4.69, 9.17) is 0 Å². The first kappa shape index (κ1) is 18.5. The van der Waals surface area contributed by atoms with E-state index in [1.54, 1.807) is 37.3 Å². The zero-order valence-corrected chi connectivity index (χ0v) is 16.8. The van der Waals surface area contributed by atoms with Gasteiger partial charge >= 0.3 is 0 Å². The molecular formula is C22H16N2O5S. The summed E-state index contributed by atoms with van der Waals surface area (Å²) >= 11 is 0. The number of nitrogens with one attached hydrogen (secondary N) is 2. The number of aryl methyl sites for hydroxylation is 2. The fourth-order valence-corrected chi connectivity index (χ4v) is 5.17. The third kappa shape index (κ3) is 2.44. The molecule has 0 unspecified atom stereocenters. The Morgan fingerprint density at radius 1 is 0.800 bits per heavy atom. The lowest BCUT2D eigenvalue weighted by Gasteiger charge is -2.12. The van der Waals surface area contributed by atoms with Crippen LogP contribution in [0.4, 0.5) is 0 Å². The van der Waals surface area contributed by atoms with Crippen LogP contribution in [0.5, 0.6) is 0 Å². The average Bonchev–Trinajstić information content (AvgIpc) is 2.69. The quantitative estimate of drug-likeness (QED) is 0.283.